The molecule has 8 heteroatoms. The molecule has 5 rings (SSSR count). The number of piperidine rings is 1. The first-order valence-corrected chi connectivity index (χ1v) is 11.5. The van der Waals surface area contributed by atoms with Crippen LogP contribution in [0.3, 0.4) is 0 Å². The van der Waals surface area contributed by atoms with E-state index in [0.29, 0.717) is 24.8 Å². The Morgan fingerprint density at radius 3 is 2.68 bits per heavy atom. The lowest BCUT2D eigenvalue weighted by atomic mass is 9.95. The summed E-state index contributed by atoms with van der Waals surface area (Å²) >= 11 is 0. The van der Waals surface area contributed by atoms with Crippen LogP contribution in [0.4, 0.5) is 0 Å². The van der Waals surface area contributed by atoms with Crippen molar-refractivity contribution in [1.29, 1.82) is 0 Å². The van der Waals surface area contributed by atoms with Gasteiger partial charge in [0.1, 0.15) is 6.61 Å². The molecule has 2 amide bonds. The van der Waals surface area contributed by atoms with E-state index in [1.807, 2.05) is 29.2 Å². The van der Waals surface area contributed by atoms with Gasteiger partial charge in [0, 0.05) is 26.2 Å². The Labute approximate surface area is 182 Å². The van der Waals surface area contributed by atoms with Crippen molar-refractivity contribution in [2.24, 2.45) is 11.8 Å². The second-order valence-electron chi connectivity index (χ2n) is 9.23. The third-order valence-corrected chi connectivity index (χ3v) is 6.71. The Kier molecular flexibility index (Phi) is 5.91. The van der Waals surface area contributed by atoms with E-state index in [2.05, 4.69) is 20.2 Å². The molecule has 166 valence electrons. The molecule has 1 aromatic heterocycles. The van der Waals surface area contributed by atoms with E-state index < -0.39 is 0 Å². The van der Waals surface area contributed by atoms with Crippen LogP contribution in [-0.4, -0.2) is 83.6 Å². The molecule has 1 aromatic carbocycles. The highest BCUT2D eigenvalue weighted by atomic mass is 16.5. The molecule has 2 saturated heterocycles. The lowest BCUT2D eigenvalue weighted by Crippen LogP contribution is -2.52. The number of morpholine rings is 1. The number of aromatic amines is 1. The number of hydrogen-bond donors (Lipinski definition) is 2. The quantitative estimate of drug-likeness (QED) is 0.704. The lowest BCUT2D eigenvalue weighted by molar-refractivity contribution is -0.149. The summed E-state index contributed by atoms with van der Waals surface area (Å²) in [4.78, 5) is 36.8. The highest BCUT2D eigenvalue weighted by Crippen LogP contribution is 2.31. The number of imidazole rings is 1. The fourth-order valence-corrected chi connectivity index (χ4v) is 4.66. The number of nitrogens with one attached hydrogen (secondary N) is 2. The van der Waals surface area contributed by atoms with Crippen LogP contribution in [0.1, 0.15) is 36.3 Å². The van der Waals surface area contributed by atoms with Crippen molar-refractivity contribution in [2.75, 3.05) is 45.9 Å². The summed E-state index contributed by atoms with van der Waals surface area (Å²) in [6.45, 7) is 5.34. The van der Waals surface area contributed by atoms with E-state index in [1.54, 1.807) is 0 Å². The first-order chi connectivity index (χ1) is 15.1. The maximum atomic E-state index is 12.5. The predicted molar refractivity (Wildman–Crippen MR) is 117 cm³/mol. The lowest BCUT2D eigenvalue weighted by Gasteiger charge is -2.38. The van der Waals surface area contributed by atoms with Crippen molar-refractivity contribution >= 4 is 22.8 Å². The number of aromatic nitrogens is 2. The summed E-state index contributed by atoms with van der Waals surface area (Å²) in [5.74, 6) is 1.59. The maximum Gasteiger partial charge on any atom is 0.287 e. The zero-order chi connectivity index (χ0) is 21.2. The number of benzene rings is 1. The molecule has 31 heavy (non-hydrogen) atoms. The average Bonchev–Trinajstić information content (AvgIpc) is 3.49. The van der Waals surface area contributed by atoms with Gasteiger partial charge >= 0.3 is 0 Å². The molecule has 1 atom stereocenters. The van der Waals surface area contributed by atoms with Crippen molar-refractivity contribution in [3.63, 3.8) is 0 Å². The molecular formula is C23H31N5O3. The van der Waals surface area contributed by atoms with E-state index in [-0.39, 0.29) is 24.5 Å². The molecule has 3 fully saturated rings. The fourth-order valence-electron chi connectivity index (χ4n) is 4.66. The molecule has 1 saturated carbocycles. The summed E-state index contributed by atoms with van der Waals surface area (Å²) in [6.07, 6.45) is 4.92. The summed E-state index contributed by atoms with van der Waals surface area (Å²) in [7, 11) is 0. The number of H-pyrrole nitrogens is 1. The Hall–Kier alpha value is -2.45. The van der Waals surface area contributed by atoms with Gasteiger partial charge in [0.05, 0.1) is 17.1 Å². The van der Waals surface area contributed by atoms with Crippen LogP contribution in [-0.2, 0) is 9.53 Å². The normalized spacial score (nSPS) is 23.4. The smallest absolute Gasteiger partial charge is 0.287 e. The van der Waals surface area contributed by atoms with Gasteiger partial charge in [-0.3, -0.25) is 9.59 Å². The molecule has 2 aromatic rings. The topological polar surface area (TPSA) is 90.6 Å². The van der Waals surface area contributed by atoms with Crippen molar-refractivity contribution in [2.45, 2.75) is 31.8 Å². The van der Waals surface area contributed by atoms with Gasteiger partial charge in [0.25, 0.3) is 5.91 Å². The third kappa shape index (κ3) is 5.07. The first-order valence-electron chi connectivity index (χ1n) is 11.5. The van der Waals surface area contributed by atoms with E-state index >= 15 is 0 Å². The number of nitrogens with zero attached hydrogens (tertiary/aromatic N) is 3. The molecule has 3 heterocycles. The zero-order valence-corrected chi connectivity index (χ0v) is 17.9. The standard InChI is InChI=1S/C23H31N5O3/c29-21-15-31-18(11-24-23(30)22-25-19-3-1-2-4-20(19)26-22)14-28(21)13-17-7-9-27(10-8-17)12-16-5-6-16/h1-4,16-18H,5-15H2,(H,24,30)(H,25,26)/t18-/m1/s1. The highest BCUT2D eigenvalue weighted by molar-refractivity contribution is 5.94. The number of likely N-dealkylation sites (tertiary alicyclic amines) is 1. The van der Waals surface area contributed by atoms with E-state index in [4.69, 9.17) is 4.74 Å². The largest absolute Gasteiger partial charge is 0.365 e. The predicted octanol–water partition coefficient (Wildman–Crippen LogP) is 1.64. The van der Waals surface area contributed by atoms with E-state index in [0.717, 1.165) is 49.4 Å². The number of rotatable bonds is 7. The van der Waals surface area contributed by atoms with Gasteiger partial charge in [-0.25, -0.2) is 4.98 Å². The molecule has 2 N–H and O–H groups in total. The Morgan fingerprint density at radius 2 is 1.90 bits per heavy atom. The molecular weight excluding hydrogens is 394 g/mol. The van der Waals surface area contributed by atoms with Crippen LogP contribution in [0, 0.1) is 11.8 Å². The van der Waals surface area contributed by atoms with Crippen LogP contribution < -0.4 is 5.32 Å². The number of carbonyl (C=O) groups excluding carboxylic acids is 2. The molecule has 1 aliphatic carbocycles. The van der Waals surface area contributed by atoms with Crippen molar-refractivity contribution in [3.8, 4) is 0 Å². The first kappa shape index (κ1) is 20.5. The summed E-state index contributed by atoms with van der Waals surface area (Å²) in [5.41, 5.74) is 1.60. The number of para-hydroxylation sites is 2. The van der Waals surface area contributed by atoms with E-state index in [1.165, 1.54) is 19.4 Å². The highest BCUT2D eigenvalue weighted by Gasteiger charge is 2.31. The third-order valence-electron chi connectivity index (χ3n) is 6.71. The second-order valence-corrected chi connectivity index (χ2v) is 9.23. The Morgan fingerprint density at radius 1 is 1.13 bits per heavy atom. The van der Waals surface area contributed by atoms with Gasteiger partial charge in [-0.2, -0.15) is 0 Å². The van der Waals surface area contributed by atoms with Crippen LogP contribution in [0.2, 0.25) is 0 Å². The van der Waals surface area contributed by atoms with Crippen molar-refractivity contribution in [1.82, 2.24) is 25.1 Å². The summed E-state index contributed by atoms with van der Waals surface area (Å²) < 4.78 is 5.68. The zero-order valence-electron chi connectivity index (χ0n) is 17.9. The van der Waals surface area contributed by atoms with Crippen molar-refractivity contribution < 1.29 is 14.3 Å². The van der Waals surface area contributed by atoms with Crippen LogP contribution >= 0.6 is 0 Å². The van der Waals surface area contributed by atoms with Gasteiger partial charge in [0.15, 0.2) is 5.82 Å². The number of amides is 2. The molecule has 0 bridgehead atoms. The second kappa shape index (κ2) is 8.96. The fraction of sp³-hybridized carbons (Fsp3) is 0.609. The Balaban J connectivity index is 1.09. The van der Waals surface area contributed by atoms with Crippen molar-refractivity contribution in [3.05, 3.63) is 30.1 Å². The molecule has 0 unspecified atom stereocenters. The van der Waals surface area contributed by atoms with Gasteiger partial charge in [-0.15, -0.1) is 0 Å². The molecule has 3 aliphatic rings. The maximum absolute atomic E-state index is 12.5. The summed E-state index contributed by atoms with van der Waals surface area (Å²) in [5, 5.41) is 2.90. The SMILES string of the molecule is O=C(NC[C@@H]1CN(CC2CCN(CC3CC3)CC2)C(=O)CO1)c1nc2ccccc2[nH]1. The number of fused-ring (bicyclic) bond motifs is 1. The minimum absolute atomic E-state index is 0.0558. The molecule has 0 radical (unpaired) electrons. The molecule has 0 spiro atoms. The van der Waals surface area contributed by atoms with Gasteiger partial charge in [-0.1, -0.05) is 12.1 Å². The van der Waals surface area contributed by atoms with Crippen LogP contribution in [0.5, 0.6) is 0 Å². The minimum Gasteiger partial charge on any atom is -0.365 e. The average molecular weight is 426 g/mol. The molecule has 2 aliphatic heterocycles. The Bertz CT molecular complexity index is 899. The van der Waals surface area contributed by atoms with Crippen LogP contribution in [0.25, 0.3) is 11.0 Å². The van der Waals surface area contributed by atoms with Crippen LogP contribution in [0.15, 0.2) is 24.3 Å². The minimum atomic E-state index is -0.258. The van der Waals surface area contributed by atoms with Gasteiger partial charge < -0.3 is 24.8 Å². The number of ether oxygens (including phenoxy) is 1. The van der Waals surface area contributed by atoms with E-state index in [9.17, 15) is 9.59 Å². The number of carbonyl (C=O) groups is 2. The van der Waals surface area contributed by atoms with Gasteiger partial charge in [-0.05, 0) is 62.7 Å². The molecule has 8 nitrogen and oxygen atoms in total. The summed E-state index contributed by atoms with van der Waals surface area (Å²) in [6, 6.07) is 7.56. The monoisotopic (exact) mass is 425 g/mol. The number of hydrogen-bond acceptors (Lipinski definition) is 5. The van der Waals surface area contributed by atoms with Gasteiger partial charge in [0.2, 0.25) is 5.91 Å².